The van der Waals surface area contributed by atoms with E-state index in [1.807, 2.05) is 92.7 Å². The summed E-state index contributed by atoms with van der Waals surface area (Å²) in [5.74, 6) is 0.657. The van der Waals surface area contributed by atoms with Crippen LogP contribution in [0.15, 0.2) is 48.8 Å². The third-order valence-electron chi connectivity index (χ3n) is 4.74. The molecule has 202 valence electrons. The van der Waals surface area contributed by atoms with Crippen molar-refractivity contribution < 1.29 is 14.3 Å². The average molecular weight is 501 g/mol. The molecule has 7 heteroatoms. The van der Waals surface area contributed by atoms with E-state index in [-0.39, 0.29) is 17.7 Å². The van der Waals surface area contributed by atoms with E-state index in [2.05, 4.69) is 11.6 Å². The molecule has 7 nitrogen and oxygen atoms in total. The fourth-order valence-electron chi connectivity index (χ4n) is 2.80. The molecule has 0 saturated heterocycles. The molecule has 0 aliphatic heterocycles. The van der Waals surface area contributed by atoms with Crippen LogP contribution in [0.4, 0.5) is 5.82 Å². The van der Waals surface area contributed by atoms with Crippen molar-refractivity contribution in [1.29, 1.82) is 0 Å². The molecular formula is C29H48N4O3. The highest BCUT2D eigenvalue weighted by Crippen LogP contribution is 2.28. The number of anilines is 1. The zero-order chi connectivity index (χ0) is 28.3. The second-order valence-corrected chi connectivity index (χ2v) is 7.16. The van der Waals surface area contributed by atoms with Crippen LogP contribution in [0, 0.1) is 6.92 Å². The molecule has 2 rings (SSSR count). The molecule has 0 spiro atoms. The van der Waals surface area contributed by atoms with Gasteiger partial charge >= 0.3 is 6.01 Å². The van der Waals surface area contributed by atoms with Crippen LogP contribution in [0.25, 0.3) is 0 Å². The first-order valence-electron chi connectivity index (χ1n) is 12.8. The van der Waals surface area contributed by atoms with E-state index in [0.29, 0.717) is 37.4 Å². The van der Waals surface area contributed by atoms with E-state index in [0.717, 1.165) is 11.1 Å². The number of nitrogens with zero attached hydrogens (tertiary/aromatic N) is 4. The van der Waals surface area contributed by atoms with Gasteiger partial charge in [0.25, 0.3) is 5.91 Å². The van der Waals surface area contributed by atoms with E-state index >= 15 is 0 Å². The van der Waals surface area contributed by atoms with Gasteiger partial charge in [0.15, 0.2) is 11.5 Å². The molecule has 0 aliphatic carbocycles. The van der Waals surface area contributed by atoms with Gasteiger partial charge in [0, 0.05) is 20.6 Å². The monoisotopic (exact) mass is 500 g/mol. The molecule has 1 aromatic heterocycles. The van der Waals surface area contributed by atoms with E-state index in [1.54, 1.807) is 29.6 Å². The van der Waals surface area contributed by atoms with E-state index < -0.39 is 0 Å². The molecule has 2 aromatic rings. The number of hydrogen-bond donors (Lipinski definition) is 0. The molecule has 2 amide bonds. The zero-order valence-electron chi connectivity index (χ0n) is 24.4. The van der Waals surface area contributed by atoms with Crippen molar-refractivity contribution in [3.63, 3.8) is 0 Å². The van der Waals surface area contributed by atoms with Crippen molar-refractivity contribution in [2.24, 2.45) is 0 Å². The molecule has 0 saturated carbocycles. The van der Waals surface area contributed by atoms with Crippen LogP contribution in [-0.2, 0) is 11.3 Å². The number of ether oxygens (including phenoxy) is 1. The SMILES string of the molecule is C=CCCN(C)C(=O)c1c(N(C)C=O)nc(O/C(C)=C/C)n1Cc1ccc(C)cc1.CC.CC.CC. The Bertz CT molecular complexity index is 931. The summed E-state index contributed by atoms with van der Waals surface area (Å²) in [6, 6.07) is 8.29. The maximum atomic E-state index is 13.3. The van der Waals surface area contributed by atoms with Crippen LogP contribution in [0.2, 0.25) is 0 Å². The van der Waals surface area contributed by atoms with E-state index in [9.17, 15) is 9.59 Å². The Balaban J connectivity index is 0. The summed E-state index contributed by atoms with van der Waals surface area (Å²) in [6.07, 6.45) is 4.86. The van der Waals surface area contributed by atoms with Gasteiger partial charge in [0.2, 0.25) is 6.41 Å². The summed E-state index contributed by atoms with van der Waals surface area (Å²) in [6.45, 7) is 22.3. The van der Waals surface area contributed by atoms with Crippen LogP contribution in [0.5, 0.6) is 6.01 Å². The number of carbonyl (C=O) groups is 2. The predicted molar refractivity (Wildman–Crippen MR) is 153 cm³/mol. The summed E-state index contributed by atoms with van der Waals surface area (Å²) in [4.78, 5) is 32.2. The summed E-state index contributed by atoms with van der Waals surface area (Å²) in [5, 5.41) is 0. The summed E-state index contributed by atoms with van der Waals surface area (Å²) >= 11 is 0. The van der Waals surface area contributed by atoms with Gasteiger partial charge < -0.3 is 14.5 Å². The molecule has 0 N–H and O–H groups in total. The Hall–Kier alpha value is -3.35. The molecule has 0 fully saturated rings. The number of hydrogen-bond acceptors (Lipinski definition) is 4. The first kappa shape index (κ1) is 34.8. The number of amides is 2. The number of allylic oxidation sites excluding steroid dienone is 2. The highest BCUT2D eigenvalue weighted by Gasteiger charge is 2.28. The van der Waals surface area contributed by atoms with Crippen molar-refractivity contribution in [3.8, 4) is 6.01 Å². The largest absolute Gasteiger partial charge is 0.431 e. The Morgan fingerprint density at radius 2 is 1.64 bits per heavy atom. The van der Waals surface area contributed by atoms with Crippen molar-refractivity contribution in [2.75, 3.05) is 25.5 Å². The lowest BCUT2D eigenvalue weighted by molar-refractivity contribution is -0.107. The van der Waals surface area contributed by atoms with Crippen LogP contribution in [0.3, 0.4) is 0 Å². The molecule has 0 aliphatic rings. The van der Waals surface area contributed by atoms with Gasteiger partial charge in [-0.2, -0.15) is 4.98 Å². The molecule has 1 aromatic carbocycles. The zero-order valence-corrected chi connectivity index (χ0v) is 24.4. The van der Waals surface area contributed by atoms with Gasteiger partial charge in [-0.1, -0.05) is 77.4 Å². The predicted octanol–water partition coefficient (Wildman–Crippen LogP) is 6.86. The lowest BCUT2D eigenvalue weighted by atomic mass is 10.1. The fraction of sp³-hybridized carbons (Fsp3) is 0.483. The first-order valence-corrected chi connectivity index (χ1v) is 12.8. The number of imidazole rings is 1. The number of aryl methyl sites for hydroxylation is 1. The summed E-state index contributed by atoms with van der Waals surface area (Å²) in [7, 11) is 3.29. The molecule has 0 atom stereocenters. The lowest BCUT2D eigenvalue weighted by Gasteiger charge is -2.20. The van der Waals surface area contributed by atoms with Crippen molar-refractivity contribution in [2.45, 2.75) is 75.3 Å². The minimum Gasteiger partial charge on any atom is -0.431 e. The number of aromatic nitrogens is 2. The third kappa shape index (κ3) is 10.5. The van der Waals surface area contributed by atoms with Crippen LogP contribution in [-0.4, -0.2) is 47.4 Å². The quantitative estimate of drug-likeness (QED) is 0.203. The Labute approximate surface area is 219 Å². The minimum atomic E-state index is -0.242. The smallest absolute Gasteiger partial charge is 0.304 e. The van der Waals surface area contributed by atoms with Gasteiger partial charge in [-0.25, -0.2) is 0 Å². The highest BCUT2D eigenvalue weighted by atomic mass is 16.5. The highest BCUT2D eigenvalue weighted by molar-refractivity contribution is 5.99. The summed E-state index contributed by atoms with van der Waals surface area (Å²) in [5.41, 5.74) is 2.44. The molecular weight excluding hydrogens is 452 g/mol. The average Bonchev–Trinajstić information content (AvgIpc) is 3.28. The van der Waals surface area contributed by atoms with Crippen molar-refractivity contribution in [3.05, 3.63) is 65.6 Å². The molecule has 36 heavy (non-hydrogen) atoms. The van der Waals surface area contributed by atoms with Gasteiger partial charge in [0.1, 0.15) is 5.76 Å². The normalized spacial score (nSPS) is 9.81. The second-order valence-electron chi connectivity index (χ2n) is 7.16. The second kappa shape index (κ2) is 19.9. The first-order chi connectivity index (χ1) is 17.3. The van der Waals surface area contributed by atoms with Gasteiger partial charge in [0.05, 0.1) is 6.54 Å². The van der Waals surface area contributed by atoms with Gasteiger partial charge in [-0.05, 0) is 38.8 Å². The Morgan fingerprint density at radius 1 is 1.08 bits per heavy atom. The molecule has 0 unspecified atom stereocenters. The number of benzene rings is 1. The fourth-order valence-corrected chi connectivity index (χ4v) is 2.80. The number of carbonyl (C=O) groups excluding carboxylic acids is 2. The molecule has 0 bridgehead atoms. The van der Waals surface area contributed by atoms with Crippen molar-refractivity contribution >= 4 is 18.1 Å². The molecule has 0 radical (unpaired) electrons. The van der Waals surface area contributed by atoms with Gasteiger partial charge in [-0.3, -0.25) is 14.2 Å². The maximum absolute atomic E-state index is 13.3. The Kier molecular flexibility index (Phi) is 19.2. The standard InChI is InChI=1S/C23H30N4O3.3C2H6/c1-7-9-14-25(5)22(29)20-21(26(6)16-28)24-23(30-18(4)8-2)27(20)15-19-12-10-17(3)11-13-19;3*1-2/h7-8,10-13,16H,1,9,14-15H2,2-6H3;3*1-2H3/b18-8+;;;. The van der Waals surface area contributed by atoms with Crippen LogP contribution < -0.4 is 9.64 Å². The Morgan fingerprint density at radius 3 is 2.11 bits per heavy atom. The van der Waals surface area contributed by atoms with E-state index in [4.69, 9.17) is 4.74 Å². The van der Waals surface area contributed by atoms with E-state index in [1.165, 1.54) is 4.90 Å². The lowest BCUT2D eigenvalue weighted by Crippen LogP contribution is -2.31. The van der Waals surface area contributed by atoms with Crippen molar-refractivity contribution in [1.82, 2.24) is 14.5 Å². The maximum Gasteiger partial charge on any atom is 0.304 e. The molecule has 1 heterocycles. The van der Waals surface area contributed by atoms with Gasteiger partial charge in [-0.15, -0.1) is 6.58 Å². The number of rotatable bonds is 10. The topological polar surface area (TPSA) is 67.7 Å². The minimum absolute atomic E-state index is 0.242. The third-order valence-corrected chi connectivity index (χ3v) is 4.74. The van der Waals surface area contributed by atoms with Crippen LogP contribution >= 0.6 is 0 Å². The van der Waals surface area contributed by atoms with Crippen LogP contribution in [0.1, 0.15) is 83.4 Å². The summed E-state index contributed by atoms with van der Waals surface area (Å²) < 4.78 is 7.62.